The highest BCUT2D eigenvalue weighted by Crippen LogP contribution is 2.23. The van der Waals surface area contributed by atoms with E-state index < -0.39 is 0 Å². The van der Waals surface area contributed by atoms with Crippen LogP contribution in [-0.4, -0.2) is 10.2 Å². The fourth-order valence-corrected chi connectivity index (χ4v) is 2.14. The maximum atomic E-state index is 5.79. The smallest absolute Gasteiger partial charge is 0.226 e. The Labute approximate surface area is 105 Å². The normalized spacial score (nSPS) is 12.6. The van der Waals surface area contributed by atoms with E-state index in [4.69, 9.17) is 10.2 Å². The van der Waals surface area contributed by atoms with Crippen LogP contribution in [0.15, 0.2) is 33.6 Å². The van der Waals surface area contributed by atoms with Gasteiger partial charge in [-0.25, -0.2) is 0 Å². The molecule has 5 heteroatoms. The SMILES string of the molecule is Cc1nnc(CSc2ccc(C(C)N)cc2)o1. The van der Waals surface area contributed by atoms with E-state index in [2.05, 4.69) is 22.3 Å². The summed E-state index contributed by atoms with van der Waals surface area (Å²) in [5, 5.41) is 7.74. The van der Waals surface area contributed by atoms with Crippen molar-refractivity contribution in [3.05, 3.63) is 41.6 Å². The molecule has 2 aromatic rings. The van der Waals surface area contributed by atoms with E-state index in [0.29, 0.717) is 17.5 Å². The van der Waals surface area contributed by atoms with Crippen LogP contribution in [0.2, 0.25) is 0 Å². The van der Waals surface area contributed by atoms with Crippen molar-refractivity contribution in [3.63, 3.8) is 0 Å². The van der Waals surface area contributed by atoms with E-state index in [-0.39, 0.29) is 6.04 Å². The first kappa shape index (κ1) is 12.1. The Balaban J connectivity index is 1.95. The van der Waals surface area contributed by atoms with Gasteiger partial charge in [0.15, 0.2) is 0 Å². The third-order valence-electron chi connectivity index (χ3n) is 2.34. The third-order valence-corrected chi connectivity index (χ3v) is 3.33. The van der Waals surface area contributed by atoms with Gasteiger partial charge in [0.2, 0.25) is 11.8 Å². The molecule has 0 aliphatic carbocycles. The minimum atomic E-state index is 0.0765. The van der Waals surface area contributed by atoms with E-state index >= 15 is 0 Å². The van der Waals surface area contributed by atoms with Gasteiger partial charge in [-0.05, 0) is 24.6 Å². The molecule has 4 nitrogen and oxygen atoms in total. The van der Waals surface area contributed by atoms with Crippen LogP contribution in [-0.2, 0) is 5.75 Å². The van der Waals surface area contributed by atoms with Gasteiger partial charge < -0.3 is 10.2 Å². The molecular formula is C12H15N3OS. The molecule has 0 saturated heterocycles. The fourth-order valence-electron chi connectivity index (χ4n) is 1.41. The molecule has 2 rings (SSSR count). The zero-order chi connectivity index (χ0) is 12.3. The van der Waals surface area contributed by atoms with Crippen molar-refractivity contribution >= 4 is 11.8 Å². The topological polar surface area (TPSA) is 64.9 Å². The van der Waals surface area contributed by atoms with Gasteiger partial charge in [0.1, 0.15) is 0 Å². The molecule has 0 amide bonds. The number of thioether (sulfide) groups is 1. The summed E-state index contributed by atoms with van der Waals surface area (Å²) in [5.41, 5.74) is 6.93. The third kappa shape index (κ3) is 3.31. The van der Waals surface area contributed by atoms with Crippen molar-refractivity contribution in [1.29, 1.82) is 0 Å². The molecule has 17 heavy (non-hydrogen) atoms. The number of aryl methyl sites for hydroxylation is 1. The summed E-state index contributed by atoms with van der Waals surface area (Å²) in [4.78, 5) is 1.17. The number of hydrogen-bond acceptors (Lipinski definition) is 5. The minimum absolute atomic E-state index is 0.0765. The first-order valence-electron chi connectivity index (χ1n) is 5.42. The number of rotatable bonds is 4. The summed E-state index contributed by atoms with van der Waals surface area (Å²) in [5.74, 6) is 1.95. The van der Waals surface area contributed by atoms with Crippen LogP contribution in [0.1, 0.15) is 30.3 Å². The van der Waals surface area contributed by atoms with Crippen molar-refractivity contribution in [2.45, 2.75) is 30.5 Å². The lowest BCUT2D eigenvalue weighted by atomic mass is 10.1. The molecule has 1 atom stereocenters. The molecule has 1 aromatic heterocycles. The molecule has 0 bridgehead atoms. The highest BCUT2D eigenvalue weighted by Gasteiger charge is 2.04. The van der Waals surface area contributed by atoms with Crippen molar-refractivity contribution < 1.29 is 4.42 Å². The summed E-state index contributed by atoms with van der Waals surface area (Å²) in [7, 11) is 0. The average molecular weight is 249 g/mol. The number of benzene rings is 1. The Morgan fingerprint density at radius 1 is 1.29 bits per heavy atom. The van der Waals surface area contributed by atoms with Gasteiger partial charge in [0, 0.05) is 17.9 Å². The number of hydrogen-bond donors (Lipinski definition) is 1. The first-order valence-corrected chi connectivity index (χ1v) is 6.41. The molecule has 0 saturated carbocycles. The summed E-state index contributed by atoms with van der Waals surface area (Å²) in [6, 6.07) is 8.30. The Morgan fingerprint density at radius 2 is 2.00 bits per heavy atom. The van der Waals surface area contributed by atoms with Crippen LogP contribution in [0.4, 0.5) is 0 Å². The van der Waals surface area contributed by atoms with E-state index in [1.54, 1.807) is 18.7 Å². The van der Waals surface area contributed by atoms with Gasteiger partial charge in [-0.2, -0.15) is 0 Å². The van der Waals surface area contributed by atoms with Crippen molar-refractivity contribution in [3.8, 4) is 0 Å². The molecule has 1 unspecified atom stereocenters. The Kier molecular flexibility index (Phi) is 3.81. The van der Waals surface area contributed by atoms with Crippen LogP contribution in [0.5, 0.6) is 0 Å². The van der Waals surface area contributed by atoms with Crippen LogP contribution in [0, 0.1) is 6.92 Å². The van der Waals surface area contributed by atoms with Crippen molar-refractivity contribution in [2.75, 3.05) is 0 Å². The largest absolute Gasteiger partial charge is 0.425 e. The molecule has 1 heterocycles. The van der Waals surface area contributed by atoms with Crippen molar-refractivity contribution in [1.82, 2.24) is 10.2 Å². The van der Waals surface area contributed by atoms with Crippen LogP contribution >= 0.6 is 11.8 Å². The highest BCUT2D eigenvalue weighted by atomic mass is 32.2. The fraction of sp³-hybridized carbons (Fsp3) is 0.333. The second kappa shape index (κ2) is 5.33. The average Bonchev–Trinajstić information content (AvgIpc) is 2.73. The Morgan fingerprint density at radius 3 is 2.53 bits per heavy atom. The van der Waals surface area contributed by atoms with Gasteiger partial charge in [0.25, 0.3) is 0 Å². The van der Waals surface area contributed by atoms with Crippen molar-refractivity contribution in [2.24, 2.45) is 5.73 Å². The van der Waals surface area contributed by atoms with E-state index in [1.165, 1.54) is 4.90 Å². The Bertz CT molecular complexity index is 479. The highest BCUT2D eigenvalue weighted by molar-refractivity contribution is 7.98. The maximum Gasteiger partial charge on any atom is 0.226 e. The quantitative estimate of drug-likeness (QED) is 0.844. The van der Waals surface area contributed by atoms with Gasteiger partial charge in [-0.1, -0.05) is 12.1 Å². The summed E-state index contributed by atoms with van der Waals surface area (Å²) >= 11 is 1.67. The number of nitrogens with two attached hydrogens (primary N) is 1. The van der Waals surface area contributed by atoms with Gasteiger partial charge >= 0.3 is 0 Å². The Hall–Kier alpha value is -1.33. The minimum Gasteiger partial charge on any atom is -0.425 e. The molecule has 0 aliphatic heterocycles. The molecule has 0 radical (unpaired) electrons. The second-order valence-electron chi connectivity index (χ2n) is 3.86. The first-order chi connectivity index (χ1) is 8.15. The number of nitrogens with zero attached hydrogens (tertiary/aromatic N) is 2. The number of aromatic nitrogens is 2. The maximum absolute atomic E-state index is 5.79. The van der Waals surface area contributed by atoms with Crippen LogP contribution in [0.3, 0.4) is 0 Å². The second-order valence-corrected chi connectivity index (χ2v) is 4.91. The summed E-state index contributed by atoms with van der Waals surface area (Å²) in [6.07, 6.45) is 0. The molecule has 0 spiro atoms. The van der Waals surface area contributed by atoms with Gasteiger partial charge in [0.05, 0.1) is 5.75 Å². The summed E-state index contributed by atoms with van der Waals surface area (Å²) < 4.78 is 5.30. The standard InChI is InChI=1S/C12H15N3OS/c1-8(13)10-3-5-11(6-4-10)17-7-12-15-14-9(2)16-12/h3-6,8H,7,13H2,1-2H3. The predicted molar refractivity (Wildman–Crippen MR) is 67.6 cm³/mol. The lowest BCUT2D eigenvalue weighted by molar-refractivity contribution is 0.485. The van der Waals surface area contributed by atoms with Crippen LogP contribution < -0.4 is 5.73 Å². The van der Waals surface area contributed by atoms with E-state index in [0.717, 1.165) is 5.56 Å². The zero-order valence-corrected chi connectivity index (χ0v) is 10.7. The van der Waals surface area contributed by atoms with Gasteiger partial charge in [-0.3, -0.25) is 0 Å². The molecule has 0 aliphatic rings. The van der Waals surface area contributed by atoms with Crippen LogP contribution in [0.25, 0.3) is 0 Å². The molecule has 1 aromatic carbocycles. The summed E-state index contributed by atoms with van der Waals surface area (Å²) in [6.45, 7) is 3.77. The molecule has 2 N–H and O–H groups in total. The van der Waals surface area contributed by atoms with Gasteiger partial charge in [-0.15, -0.1) is 22.0 Å². The lowest BCUT2D eigenvalue weighted by Crippen LogP contribution is -2.04. The predicted octanol–water partition coefficient (Wildman–Crippen LogP) is 2.69. The molecular weight excluding hydrogens is 234 g/mol. The zero-order valence-electron chi connectivity index (χ0n) is 9.88. The lowest BCUT2D eigenvalue weighted by Gasteiger charge is -2.05. The monoisotopic (exact) mass is 249 g/mol. The van der Waals surface area contributed by atoms with E-state index in [1.807, 2.05) is 19.1 Å². The molecule has 0 fully saturated rings. The molecule has 90 valence electrons. The van der Waals surface area contributed by atoms with E-state index in [9.17, 15) is 0 Å².